The van der Waals surface area contributed by atoms with E-state index in [-0.39, 0.29) is 11.7 Å². The minimum Gasteiger partial charge on any atom is -0.335 e. The summed E-state index contributed by atoms with van der Waals surface area (Å²) in [4.78, 5) is 17.3. The van der Waals surface area contributed by atoms with Crippen LogP contribution in [0.3, 0.4) is 0 Å². The molecular formula is C24H27FN2O. The van der Waals surface area contributed by atoms with Crippen molar-refractivity contribution in [3.05, 3.63) is 71.0 Å². The largest absolute Gasteiger partial charge is 0.335 e. The van der Waals surface area contributed by atoms with E-state index in [0.29, 0.717) is 31.0 Å². The molecule has 0 N–H and O–H groups in total. The molecular weight excluding hydrogens is 351 g/mol. The number of hydrogen-bond donors (Lipinski definition) is 0. The maximum absolute atomic E-state index is 13.6. The maximum atomic E-state index is 13.6. The molecule has 3 aliphatic rings. The number of benzene rings is 2. The van der Waals surface area contributed by atoms with Crippen LogP contribution in [-0.2, 0) is 24.2 Å². The van der Waals surface area contributed by atoms with Crippen molar-refractivity contribution in [3.8, 4) is 0 Å². The lowest BCUT2D eigenvalue weighted by Gasteiger charge is -2.48. The summed E-state index contributed by atoms with van der Waals surface area (Å²) >= 11 is 0. The average molecular weight is 378 g/mol. The van der Waals surface area contributed by atoms with Crippen molar-refractivity contribution in [1.29, 1.82) is 0 Å². The van der Waals surface area contributed by atoms with Gasteiger partial charge in [-0.2, -0.15) is 0 Å². The highest BCUT2D eigenvalue weighted by Gasteiger charge is 2.41. The van der Waals surface area contributed by atoms with E-state index in [1.54, 1.807) is 12.1 Å². The third-order valence-corrected chi connectivity index (χ3v) is 6.96. The predicted molar refractivity (Wildman–Crippen MR) is 107 cm³/mol. The van der Waals surface area contributed by atoms with Crippen LogP contribution >= 0.6 is 0 Å². The van der Waals surface area contributed by atoms with E-state index >= 15 is 0 Å². The zero-order chi connectivity index (χ0) is 19.1. The van der Waals surface area contributed by atoms with Gasteiger partial charge in [0.05, 0.1) is 0 Å². The molecule has 146 valence electrons. The van der Waals surface area contributed by atoms with Crippen molar-refractivity contribution in [1.82, 2.24) is 9.80 Å². The van der Waals surface area contributed by atoms with Gasteiger partial charge in [-0.15, -0.1) is 0 Å². The van der Waals surface area contributed by atoms with Crippen LogP contribution < -0.4 is 0 Å². The Morgan fingerprint density at radius 2 is 1.79 bits per heavy atom. The minimum absolute atomic E-state index is 0.228. The first-order valence-electron chi connectivity index (χ1n) is 10.5. The Balaban J connectivity index is 1.28. The number of likely N-dealkylation sites (tertiary alicyclic amines) is 2. The van der Waals surface area contributed by atoms with E-state index in [1.165, 1.54) is 17.2 Å². The predicted octanol–water partition coefficient (Wildman–Crippen LogP) is 3.81. The number of fused-ring (bicyclic) bond motifs is 2. The van der Waals surface area contributed by atoms with Crippen molar-refractivity contribution in [2.24, 2.45) is 5.92 Å². The van der Waals surface area contributed by atoms with Crippen LogP contribution in [0.2, 0.25) is 0 Å². The minimum atomic E-state index is -0.228. The number of piperidine rings is 2. The van der Waals surface area contributed by atoms with Gasteiger partial charge in [0.25, 0.3) is 0 Å². The topological polar surface area (TPSA) is 23.6 Å². The number of halogens is 1. The first-order chi connectivity index (χ1) is 13.7. The fourth-order valence-electron chi connectivity index (χ4n) is 5.54. The van der Waals surface area contributed by atoms with Crippen LogP contribution in [0.25, 0.3) is 0 Å². The Morgan fingerprint density at radius 1 is 1.00 bits per heavy atom. The molecule has 5 rings (SSSR count). The number of carbonyl (C=O) groups excluding carboxylic acids is 1. The first kappa shape index (κ1) is 17.9. The molecule has 2 saturated heterocycles. The maximum Gasteiger partial charge on any atom is 0.223 e. The number of nitrogens with zero attached hydrogens (tertiary/aromatic N) is 2. The van der Waals surface area contributed by atoms with E-state index in [2.05, 4.69) is 29.2 Å². The van der Waals surface area contributed by atoms with E-state index in [9.17, 15) is 9.18 Å². The van der Waals surface area contributed by atoms with Crippen molar-refractivity contribution >= 4 is 5.91 Å². The lowest BCUT2D eigenvalue weighted by atomic mass is 9.82. The molecule has 28 heavy (non-hydrogen) atoms. The second kappa shape index (κ2) is 7.32. The Morgan fingerprint density at radius 3 is 2.54 bits per heavy atom. The molecule has 2 atom stereocenters. The van der Waals surface area contributed by atoms with Crippen LogP contribution in [0.1, 0.15) is 36.0 Å². The van der Waals surface area contributed by atoms with Gasteiger partial charge in [-0.25, -0.2) is 4.39 Å². The third-order valence-electron chi connectivity index (χ3n) is 6.96. The molecule has 2 aromatic carbocycles. The molecule has 0 radical (unpaired) electrons. The van der Waals surface area contributed by atoms with Crippen LogP contribution in [0, 0.1) is 11.7 Å². The molecule has 2 heterocycles. The summed E-state index contributed by atoms with van der Waals surface area (Å²) < 4.78 is 13.6. The fourth-order valence-corrected chi connectivity index (χ4v) is 5.54. The van der Waals surface area contributed by atoms with Crippen molar-refractivity contribution in [2.75, 3.05) is 13.1 Å². The van der Waals surface area contributed by atoms with Crippen molar-refractivity contribution in [2.45, 2.75) is 50.7 Å². The molecule has 1 aliphatic carbocycles. The number of carbonyl (C=O) groups is 1. The fraction of sp³-hybridized carbons (Fsp3) is 0.458. The van der Waals surface area contributed by atoms with Gasteiger partial charge in [-0.1, -0.05) is 36.4 Å². The zero-order valence-electron chi connectivity index (χ0n) is 16.2. The van der Waals surface area contributed by atoms with Gasteiger partial charge in [-0.05, 0) is 60.4 Å². The zero-order valence-corrected chi connectivity index (χ0v) is 16.2. The summed E-state index contributed by atoms with van der Waals surface area (Å²) in [6.07, 6.45) is 4.94. The van der Waals surface area contributed by atoms with Crippen molar-refractivity contribution < 1.29 is 9.18 Å². The van der Waals surface area contributed by atoms with Gasteiger partial charge in [0.1, 0.15) is 5.82 Å². The van der Waals surface area contributed by atoms with Crippen molar-refractivity contribution in [3.63, 3.8) is 0 Å². The molecule has 0 unspecified atom stereocenters. The summed E-state index contributed by atoms with van der Waals surface area (Å²) in [6.45, 7) is 2.66. The van der Waals surface area contributed by atoms with Crippen LogP contribution in [0.4, 0.5) is 4.39 Å². The summed E-state index contributed by atoms with van der Waals surface area (Å²) in [5, 5.41) is 0. The average Bonchev–Trinajstić information content (AvgIpc) is 3.14. The molecule has 1 amide bonds. The highest BCUT2D eigenvalue weighted by molar-refractivity contribution is 5.77. The Kier molecular flexibility index (Phi) is 4.67. The monoisotopic (exact) mass is 378 g/mol. The van der Waals surface area contributed by atoms with Gasteiger partial charge in [0.2, 0.25) is 5.91 Å². The summed E-state index contributed by atoms with van der Waals surface area (Å²) in [5.41, 5.74) is 3.89. The molecule has 2 aromatic rings. The van der Waals surface area contributed by atoms with Crippen LogP contribution in [0.5, 0.6) is 0 Å². The number of rotatable bonds is 3. The quantitative estimate of drug-likeness (QED) is 0.811. The molecule has 0 saturated carbocycles. The smallest absolute Gasteiger partial charge is 0.223 e. The van der Waals surface area contributed by atoms with E-state index < -0.39 is 0 Å². The van der Waals surface area contributed by atoms with E-state index in [0.717, 1.165) is 44.3 Å². The van der Waals surface area contributed by atoms with E-state index in [1.807, 2.05) is 11.0 Å². The van der Waals surface area contributed by atoms with Gasteiger partial charge in [0, 0.05) is 38.1 Å². The summed E-state index contributed by atoms with van der Waals surface area (Å²) in [6, 6.07) is 16.4. The molecule has 4 heteroatoms. The standard InChI is InChI=1S/C24H27FN2O/c25-21-7-3-4-17(12-21)15-27-23-10-11-26(16-20(23)8-9-24(27)28)22-13-18-5-1-2-6-19(18)14-22/h1-7,12,20,22-23H,8-11,13-16H2/t20-,23+/m1/s1. The van der Waals surface area contributed by atoms with Crippen LogP contribution in [0.15, 0.2) is 48.5 Å². The number of hydrogen-bond acceptors (Lipinski definition) is 2. The normalized spacial score (nSPS) is 25.6. The second-order valence-corrected chi connectivity index (χ2v) is 8.63. The number of amides is 1. The summed E-state index contributed by atoms with van der Waals surface area (Å²) in [7, 11) is 0. The van der Waals surface area contributed by atoms with Crippen LogP contribution in [-0.4, -0.2) is 40.9 Å². The molecule has 2 fully saturated rings. The Hall–Kier alpha value is -2.20. The van der Waals surface area contributed by atoms with Gasteiger partial charge < -0.3 is 4.90 Å². The van der Waals surface area contributed by atoms with Gasteiger partial charge in [0.15, 0.2) is 0 Å². The molecule has 0 bridgehead atoms. The highest BCUT2D eigenvalue weighted by atomic mass is 19.1. The Bertz CT molecular complexity index is 857. The highest BCUT2D eigenvalue weighted by Crippen LogP contribution is 2.35. The SMILES string of the molecule is O=C1CC[C@@H]2CN(C3Cc4ccccc4C3)CC[C@@H]2N1Cc1cccc(F)c1. The molecule has 2 aliphatic heterocycles. The van der Waals surface area contributed by atoms with Gasteiger partial charge in [-0.3, -0.25) is 9.69 Å². The van der Waals surface area contributed by atoms with Gasteiger partial charge >= 0.3 is 0 Å². The lowest BCUT2D eigenvalue weighted by molar-refractivity contribution is -0.142. The Labute approximate surface area is 166 Å². The van der Waals surface area contributed by atoms with E-state index in [4.69, 9.17) is 0 Å². The molecule has 0 spiro atoms. The molecule has 0 aromatic heterocycles. The first-order valence-corrected chi connectivity index (χ1v) is 10.5. The lowest BCUT2D eigenvalue weighted by Crippen LogP contribution is -2.57. The second-order valence-electron chi connectivity index (χ2n) is 8.63. The summed E-state index contributed by atoms with van der Waals surface area (Å²) in [5.74, 6) is 0.532. The molecule has 3 nitrogen and oxygen atoms in total. The third kappa shape index (κ3) is 3.35.